The molecule has 0 saturated heterocycles. The number of rotatable bonds is 6. The van der Waals surface area contributed by atoms with E-state index in [4.69, 9.17) is 9.47 Å². The smallest absolute Gasteiger partial charge is 0.352 e. The Morgan fingerprint density at radius 1 is 0.919 bits per heavy atom. The number of nitrogens with zero attached hydrogens (tertiary/aromatic N) is 1. The minimum Gasteiger partial charge on any atom is -0.473 e. The molecule has 1 heterocycles. The van der Waals surface area contributed by atoms with E-state index in [-0.39, 0.29) is 22.8 Å². The zero-order valence-electron chi connectivity index (χ0n) is 19.6. The summed E-state index contributed by atoms with van der Waals surface area (Å²) in [6, 6.07) is 11.2. The maximum Gasteiger partial charge on any atom is 0.352 e. The second kappa shape index (κ2) is 9.92. The minimum absolute atomic E-state index is 0.0408. The molecule has 0 bridgehead atoms. The van der Waals surface area contributed by atoms with E-state index in [0.717, 1.165) is 12.6 Å². The lowest BCUT2D eigenvalue weighted by molar-refractivity contribution is -0.141. The molecule has 0 N–H and O–H groups in total. The van der Waals surface area contributed by atoms with Crippen LogP contribution in [0.25, 0.3) is 6.08 Å². The number of Topliss-reactive ketones (excluding diaryl/α,β-unsaturated/α-hetero) is 1. The van der Waals surface area contributed by atoms with Crippen molar-refractivity contribution >= 4 is 23.5 Å². The second-order valence-electron chi connectivity index (χ2n) is 8.16. The van der Waals surface area contributed by atoms with Gasteiger partial charge in [-0.3, -0.25) is 4.79 Å². The maximum atomic E-state index is 13.8. The van der Waals surface area contributed by atoms with E-state index in [1.807, 2.05) is 31.1 Å². The van der Waals surface area contributed by atoms with Gasteiger partial charge in [0.15, 0.2) is 17.6 Å². The zero-order chi connectivity index (χ0) is 27.0. The quantitative estimate of drug-likeness (QED) is 0.108. The summed E-state index contributed by atoms with van der Waals surface area (Å²) in [7, 11) is 3.79. The summed E-state index contributed by atoms with van der Waals surface area (Å²) in [5, 5.41) is 0. The predicted molar refractivity (Wildman–Crippen MR) is 122 cm³/mol. The highest BCUT2D eigenvalue weighted by Crippen LogP contribution is 2.35. The van der Waals surface area contributed by atoms with Gasteiger partial charge in [-0.2, -0.15) is 8.78 Å². The summed E-state index contributed by atoms with van der Waals surface area (Å²) < 4.78 is 83.0. The number of fused-ring (bicyclic) bond motifs is 1. The molecule has 0 spiro atoms. The van der Waals surface area contributed by atoms with E-state index < -0.39 is 52.7 Å². The van der Waals surface area contributed by atoms with E-state index in [1.54, 1.807) is 18.2 Å². The highest BCUT2D eigenvalue weighted by molar-refractivity contribution is 6.14. The van der Waals surface area contributed by atoms with Gasteiger partial charge in [0.1, 0.15) is 11.5 Å². The number of esters is 1. The Bertz CT molecular complexity index is 1410. The molecule has 3 aromatic carbocycles. The SMILES string of the molecule is CC(Oc1c(F)c(F)c(F)c(F)c1F)C(=O)Oc1ccc2c(c1)O/C(=C\c1ccc(N(C)C)cc1)C2=O. The van der Waals surface area contributed by atoms with Crippen molar-refractivity contribution in [1.29, 1.82) is 0 Å². The maximum absolute atomic E-state index is 13.8. The van der Waals surface area contributed by atoms with Crippen molar-refractivity contribution < 1.29 is 45.8 Å². The average Bonchev–Trinajstić information content (AvgIpc) is 3.18. The lowest BCUT2D eigenvalue weighted by Gasteiger charge is -2.15. The molecule has 11 heteroatoms. The van der Waals surface area contributed by atoms with Crippen molar-refractivity contribution in [3.63, 3.8) is 0 Å². The average molecular weight is 519 g/mol. The fraction of sp³-hybridized carbons (Fsp3) is 0.154. The third kappa shape index (κ3) is 4.97. The molecule has 1 atom stereocenters. The van der Waals surface area contributed by atoms with Gasteiger partial charge < -0.3 is 19.1 Å². The summed E-state index contributed by atoms with van der Waals surface area (Å²) in [5.41, 5.74) is 1.89. The molecule has 37 heavy (non-hydrogen) atoms. The van der Waals surface area contributed by atoms with Gasteiger partial charge in [0, 0.05) is 25.8 Å². The summed E-state index contributed by atoms with van der Waals surface area (Å²) >= 11 is 0. The number of ether oxygens (including phenoxy) is 3. The normalized spacial score (nSPS) is 14.3. The van der Waals surface area contributed by atoms with E-state index >= 15 is 0 Å². The van der Waals surface area contributed by atoms with Crippen LogP contribution in [0.3, 0.4) is 0 Å². The third-order valence-electron chi connectivity index (χ3n) is 5.36. The van der Waals surface area contributed by atoms with Crippen molar-refractivity contribution in [2.24, 2.45) is 0 Å². The molecule has 0 aromatic heterocycles. The molecule has 0 saturated carbocycles. The zero-order valence-corrected chi connectivity index (χ0v) is 19.6. The van der Waals surface area contributed by atoms with Crippen LogP contribution in [0.1, 0.15) is 22.8 Å². The Balaban J connectivity index is 1.48. The van der Waals surface area contributed by atoms with Crippen LogP contribution in [0.15, 0.2) is 48.2 Å². The van der Waals surface area contributed by atoms with Gasteiger partial charge in [-0.25, -0.2) is 18.0 Å². The molecule has 0 radical (unpaired) electrons. The molecule has 4 rings (SSSR count). The molecule has 0 amide bonds. The fourth-order valence-corrected chi connectivity index (χ4v) is 3.36. The number of hydrogen-bond donors (Lipinski definition) is 0. The molecule has 1 unspecified atom stereocenters. The Labute approximate surface area is 207 Å². The number of allylic oxidation sites excluding steroid dienone is 1. The van der Waals surface area contributed by atoms with Crippen LogP contribution in [-0.4, -0.2) is 32.0 Å². The van der Waals surface area contributed by atoms with Gasteiger partial charge in [-0.1, -0.05) is 12.1 Å². The number of carbonyl (C=O) groups is 2. The van der Waals surface area contributed by atoms with E-state index in [2.05, 4.69) is 4.74 Å². The minimum atomic E-state index is -2.36. The lowest BCUT2D eigenvalue weighted by Crippen LogP contribution is -2.29. The number of anilines is 1. The summed E-state index contributed by atoms with van der Waals surface area (Å²) in [6.07, 6.45) is -0.211. The van der Waals surface area contributed by atoms with Crippen molar-refractivity contribution in [1.82, 2.24) is 0 Å². The standard InChI is InChI=1S/C26H18F5NO5/c1-12(35-25-22(30)20(28)19(27)21(29)23(25)31)26(34)36-15-8-9-16-17(11-15)37-18(24(16)33)10-13-4-6-14(7-5-13)32(2)3/h4-12H,1-3H3/b18-10-. The van der Waals surface area contributed by atoms with Crippen molar-refractivity contribution in [2.75, 3.05) is 19.0 Å². The summed E-state index contributed by atoms with van der Waals surface area (Å²) in [4.78, 5) is 26.9. The van der Waals surface area contributed by atoms with E-state index in [1.165, 1.54) is 18.2 Å². The first-order valence-corrected chi connectivity index (χ1v) is 10.7. The Hall–Kier alpha value is -4.41. The van der Waals surface area contributed by atoms with Gasteiger partial charge >= 0.3 is 5.97 Å². The predicted octanol–water partition coefficient (Wildman–Crippen LogP) is 5.44. The molecule has 0 fully saturated rings. The van der Waals surface area contributed by atoms with Crippen LogP contribution < -0.4 is 19.1 Å². The van der Waals surface area contributed by atoms with Crippen molar-refractivity contribution in [3.8, 4) is 17.2 Å². The molecule has 6 nitrogen and oxygen atoms in total. The van der Waals surface area contributed by atoms with Crippen LogP contribution in [0.4, 0.5) is 27.6 Å². The number of ketones is 1. The number of benzene rings is 3. The van der Waals surface area contributed by atoms with Gasteiger partial charge in [0.2, 0.25) is 34.9 Å². The Morgan fingerprint density at radius 3 is 2.11 bits per heavy atom. The number of halogens is 5. The van der Waals surface area contributed by atoms with Crippen molar-refractivity contribution in [3.05, 3.63) is 88.4 Å². The van der Waals surface area contributed by atoms with E-state index in [0.29, 0.717) is 5.56 Å². The van der Waals surface area contributed by atoms with Gasteiger partial charge in [-0.15, -0.1) is 0 Å². The van der Waals surface area contributed by atoms with Crippen LogP contribution in [-0.2, 0) is 4.79 Å². The van der Waals surface area contributed by atoms with Crippen LogP contribution >= 0.6 is 0 Å². The fourth-order valence-electron chi connectivity index (χ4n) is 3.36. The van der Waals surface area contributed by atoms with Gasteiger partial charge in [-0.05, 0) is 42.8 Å². The van der Waals surface area contributed by atoms with Gasteiger partial charge in [0.25, 0.3) is 0 Å². The Kier molecular flexibility index (Phi) is 6.88. The highest BCUT2D eigenvalue weighted by atomic mass is 19.2. The third-order valence-corrected chi connectivity index (χ3v) is 5.36. The van der Waals surface area contributed by atoms with Crippen LogP contribution in [0, 0.1) is 29.1 Å². The molecular weight excluding hydrogens is 501 g/mol. The van der Waals surface area contributed by atoms with Crippen LogP contribution in [0.5, 0.6) is 17.2 Å². The molecule has 0 aliphatic carbocycles. The number of hydrogen-bond acceptors (Lipinski definition) is 6. The Morgan fingerprint density at radius 2 is 1.51 bits per heavy atom. The van der Waals surface area contributed by atoms with Crippen LogP contribution in [0.2, 0.25) is 0 Å². The topological polar surface area (TPSA) is 65.1 Å². The molecular formula is C26H18F5NO5. The first kappa shape index (κ1) is 25.7. The summed E-state index contributed by atoms with van der Waals surface area (Å²) in [5.74, 6) is -14.4. The largest absolute Gasteiger partial charge is 0.473 e. The first-order valence-electron chi connectivity index (χ1n) is 10.7. The lowest BCUT2D eigenvalue weighted by atomic mass is 10.1. The van der Waals surface area contributed by atoms with Gasteiger partial charge in [0.05, 0.1) is 5.56 Å². The highest BCUT2D eigenvalue weighted by Gasteiger charge is 2.31. The molecule has 1 aliphatic heterocycles. The van der Waals surface area contributed by atoms with Crippen molar-refractivity contribution in [2.45, 2.75) is 13.0 Å². The first-order chi connectivity index (χ1) is 17.5. The monoisotopic (exact) mass is 519 g/mol. The van der Waals surface area contributed by atoms with E-state index in [9.17, 15) is 31.5 Å². The summed E-state index contributed by atoms with van der Waals surface area (Å²) in [6.45, 7) is 0.996. The molecule has 1 aliphatic rings. The number of carbonyl (C=O) groups excluding carboxylic acids is 2. The molecule has 192 valence electrons. The second-order valence-corrected chi connectivity index (χ2v) is 8.16. The molecule has 3 aromatic rings.